The van der Waals surface area contributed by atoms with E-state index in [-0.39, 0.29) is 11.8 Å². The number of fused-ring (bicyclic) bond motifs is 1. The summed E-state index contributed by atoms with van der Waals surface area (Å²) in [5.41, 5.74) is 0. The molecule has 1 aliphatic heterocycles. The van der Waals surface area contributed by atoms with E-state index in [1.807, 2.05) is 24.3 Å². The molecule has 1 unspecified atom stereocenters. The van der Waals surface area contributed by atoms with Gasteiger partial charge in [-0.2, -0.15) is 0 Å². The first kappa shape index (κ1) is 11.8. The van der Waals surface area contributed by atoms with Crippen LogP contribution in [0.5, 0.6) is 0 Å². The van der Waals surface area contributed by atoms with Crippen LogP contribution in [0.25, 0.3) is 10.1 Å². The molecule has 0 bridgehead atoms. The Morgan fingerprint density at radius 2 is 2.33 bits per heavy atom. The molecule has 2 aromatic rings. The molecule has 3 rings (SSSR count). The van der Waals surface area contributed by atoms with Crippen LogP contribution in [0.4, 0.5) is 0 Å². The number of Topliss-reactive ketones (excluding diaryl/α,β-unsaturated/α-hetero) is 1. The van der Waals surface area contributed by atoms with Gasteiger partial charge in [0.2, 0.25) is 0 Å². The molecule has 0 amide bonds. The third-order valence-corrected chi connectivity index (χ3v) is 4.29. The molecule has 0 aliphatic carbocycles. The zero-order chi connectivity index (χ0) is 12.4. The van der Waals surface area contributed by atoms with Crippen molar-refractivity contribution in [1.29, 1.82) is 0 Å². The second kappa shape index (κ2) is 5.18. The summed E-state index contributed by atoms with van der Waals surface area (Å²) >= 11 is 1.58. The normalized spacial score (nSPS) is 20.1. The molecule has 3 nitrogen and oxygen atoms in total. The van der Waals surface area contributed by atoms with E-state index < -0.39 is 0 Å². The van der Waals surface area contributed by atoms with Crippen LogP contribution in [0.1, 0.15) is 16.1 Å². The molecule has 2 heterocycles. The van der Waals surface area contributed by atoms with Gasteiger partial charge >= 0.3 is 0 Å². The van der Waals surface area contributed by atoms with Gasteiger partial charge in [0.15, 0.2) is 5.78 Å². The number of ether oxygens (including phenoxy) is 1. The van der Waals surface area contributed by atoms with Crippen LogP contribution < -0.4 is 5.32 Å². The van der Waals surface area contributed by atoms with E-state index in [0.29, 0.717) is 13.0 Å². The van der Waals surface area contributed by atoms with Gasteiger partial charge in [0.05, 0.1) is 18.1 Å². The highest BCUT2D eigenvalue weighted by Crippen LogP contribution is 2.26. The van der Waals surface area contributed by atoms with Crippen LogP contribution in [0.2, 0.25) is 0 Å². The summed E-state index contributed by atoms with van der Waals surface area (Å²) < 4.78 is 6.54. The van der Waals surface area contributed by atoms with Gasteiger partial charge in [-0.1, -0.05) is 18.2 Å². The SMILES string of the molecule is O=C(CC1COCCN1)c1cc2ccccc2s1. The largest absolute Gasteiger partial charge is 0.378 e. The summed E-state index contributed by atoms with van der Waals surface area (Å²) in [4.78, 5) is 13.0. The van der Waals surface area contributed by atoms with Gasteiger partial charge in [-0.15, -0.1) is 11.3 Å². The lowest BCUT2D eigenvalue weighted by atomic mass is 10.1. The number of ketones is 1. The van der Waals surface area contributed by atoms with Crippen LogP contribution in [-0.2, 0) is 4.74 Å². The topological polar surface area (TPSA) is 38.3 Å². The first-order valence-electron chi connectivity index (χ1n) is 6.16. The Kier molecular flexibility index (Phi) is 3.41. The highest BCUT2D eigenvalue weighted by Gasteiger charge is 2.19. The fourth-order valence-corrected chi connectivity index (χ4v) is 3.21. The van der Waals surface area contributed by atoms with Crippen LogP contribution in [0.3, 0.4) is 0 Å². The zero-order valence-corrected chi connectivity index (χ0v) is 10.8. The van der Waals surface area contributed by atoms with Gasteiger partial charge in [-0.3, -0.25) is 4.79 Å². The monoisotopic (exact) mass is 261 g/mol. The van der Waals surface area contributed by atoms with Crippen LogP contribution in [0.15, 0.2) is 30.3 Å². The van der Waals surface area contributed by atoms with E-state index >= 15 is 0 Å². The minimum Gasteiger partial charge on any atom is -0.378 e. The summed E-state index contributed by atoms with van der Waals surface area (Å²) in [7, 11) is 0. The minimum absolute atomic E-state index is 0.163. The molecule has 1 aliphatic rings. The Labute approximate surface area is 110 Å². The first-order valence-corrected chi connectivity index (χ1v) is 6.97. The van der Waals surface area contributed by atoms with Gasteiger partial charge in [0, 0.05) is 23.7 Å². The Morgan fingerprint density at radius 1 is 1.44 bits per heavy atom. The van der Waals surface area contributed by atoms with Gasteiger partial charge < -0.3 is 10.1 Å². The maximum atomic E-state index is 12.2. The number of thiophene rings is 1. The molecular weight excluding hydrogens is 246 g/mol. The lowest BCUT2D eigenvalue weighted by molar-refractivity contribution is 0.0677. The molecule has 1 aromatic heterocycles. The van der Waals surface area contributed by atoms with Crippen molar-refractivity contribution < 1.29 is 9.53 Å². The molecule has 94 valence electrons. The molecule has 1 fully saturated rings. The van der Waals surface area contributed by atoms with Crippen molar-refractivity contribution in [2.24, 2.45) is 0 Å². The van der Waals surface area contributed by atoms with Crippen LogP contribution in [0, 0.1) is 0 Å². The molecule has 18 heavy (non-hydrogen) atoms. The van der Waals surface area contributed by atoms with Crippen molar-refractivity contribution in [3.63, 3.8) is 0 Å². The van der Waals surface area contributed by atoms with E-state index in [2.05, 4.69) is 11.4 Å². The molecule has 4 heteroatoms. The van der Waals surface area contributed by atoms with Crippen LogP contribution >= 0.6 is 11.3 Å². The number of rotatable bonds is 3. The molecule has 1 atom stereocenters. The zero-order valence-electron chi connectivity index (χ0n) is 10.0. The van der Waals surface area contributed by atoms with Gasteiger partial charge in [-0.25, -0.2) is 0 Å². The second-order valence-corrected chi connectivity index (χ2v) is 5.59. The number of benzene rings is 1. The van der Waals surface area contributed by atoms with Crippen molar-refractivity contribution in [2.75, 3.05) is 19.8 Å². The fraction of sp³-hybridized carbons (Fsp3) is 0.357. The van der Waals surface area contributed by atoms with Gasteiger partial charge in [0.25, 0.3) is 0 Å². The Morgan fingerprint density at radius 3 is 3.11 bits per heavy atom. The number of carbonyl (C=O) groups excluding carboxylic acids is 1. The van der Waals surface area contributed by atoms with E-state index in [1.165, 1.54) is 4.70 Å². The number of hydrogen-bond donors (Lipinski definition) is 1. The van der Waals surface area contributed by atoms with Crippen molar-refractivity contribution in [1.82, 2.24) is 5.32 Å². The summed E-state index contributed by atoms with van der Waals surface area (Å²) in [6.07, 6.45) is 0.521. The Hall–Kier alpha value is -1.23. The molecule has 1 saturated heterocycles. The smallest absolute Gasteiger partial charge is 0.174 e. The molecule has 1 N–H and O–H groups in total. The maximum absolute atomic E-state index is 12.2. The molecule has 0 radical (unpaired) electrons. The van der Waals surface area contributed by atoms with E-state index in [0.717, 1.165) is 23.4 Å². The third-order valence-electron chi connectivity index (χ3n) is 3.13. The third kappa shape index (κ3) is 2.46. The molecule has 1 aromatic carbocycles. The predicted molar refractivity (Wildman–Crippen MR) is 73.4 cm³/mol. The highest BCUT2D eigenvalue weighted by molar-refractivity contribution is 7.20. The van der Waals surface area contributed by atoms with Crippen LogP contribution in [-0.4, -0.2) is 31.6 Å². The number of nitrogens with one attached hydrogen (secondary N) is 1. The quantitative estimate of drug-likeness (QED) is 0.863. The molecular formula is C14H15NO2S. The van der Waals surface area contributed by atoms with E-state index in [4.69, 9.17) is 4.74 Å². The fourth-order valence-electron chi connectivity index (χ4n) is 2.19. The van der Waals surface area contributed by atoms with Crippen molar-refractivity contribution >= 4 is 27.2 Å². The van der Waals surface area contributed by atoms with Crippen molar-refractivity contribution in [3.8, 4) is 0 Å². The van der Waals surface area contributed by atoms with E-state index in [1.54, 1.807) is 11.3 Å². The van der Waals surface area contributed by atoms with Gasteiger partial charge in [0.1, 0.15) is 0 Å². The predicted octanol–water partition coefficient (Wildman–Crippen LogP) is 2.46. The summed E-state index contributed by atoms with van der Waals surface area (Å²) in [5.74, 6) is 0.208. The van der Waals surface area contributed by atoms with Crippen molar-refractivity contribution in [2.45, 2.75) is 12.5 Å². The summed E-state index contributed by atoms with van der Waals surface area (Å²) in [5, 5.41) is 4.46. The highest BCUT2D eigenvalue weighted by atomic mass is 32.1. The Bertz CT molecular complexity index is 525. The van der Waals surface area contributed by atoms with Gasteiger partial charge in [-0.05, 0) is 17.5 Å². The average Bonchev–Trinajstić information content (AvgIpc) is 2.84. The first-order chi connectivity index (χ1) is 8.83. The standard InChI is InChI=1S/C14H15NO2S/c16-12(8-11-9-17-6-5-15-11)14-7-10-3-1-2-4-13(10)18-14/h1-4,7,11,15H,5-6,8-9H2. The number of morpholine rings is 1. The lowest BCUT2D eigenvalue weighted by Crippen LogP contribution is -2.42. The van der Waals surface area contributed by atoms with E-state index in [9.17, 15) is 4.79 Å². The average molecular weight is 261 g/mol. The lowest BCUT2D eigenvalue weighted by Gasteiger charge is -2.22. The number of hydrogen-bond acceptors (Lipinski definition) is 4. The second-order valence-electron chi connectivity index (χ2n) is 4.50. The molecule has 0 spiro atoms. The minimum atomic E-state index is 0.163. The maximum Gasteiger partial charge on any atom is 0.174 e. The Balaban J connectivity index is 1.74. The number of carbonyl (C=O) groups is 1. The van der Waals surface area contributed by atoms with Crippen molar-refractivity contribution in [3.05, 3.63) is 35.2 Å². The molecule has 0 saturated carbocycles. The summed E-state index contributed by atoms with van der Waals surface area (Å²) in [6.45, 7) is 2.22. The summed E-state index contributed by atoms with van der Waals surface area (Å²) in [6, 6.07) is 10.3.